The van der Waals surface area contributed by atoms with E-state index in [9.17, 15) is 0 Å². The van der Waals surface area contributed by atoms with Crippen LogP contribution in [0.2, 0.25) is 0 Å². The zero-order valence-electron chi connectivity index (χ0n) is 9.71. The van der Waals surface area contributed by atoms with Crippen LogP contribution in [-0.2, 0) is 0 Å². The molecule has 1 unspecified atom stereocenters. The molecule has 84 valence electrons. The highest BCUT2D eigenvalue weighted by Crippen LogP contribution is 2.09. The quantitative estimate of drug-likeness (QED) is 0.725. The molecule has 0 amide bonds. The van der Waals surface area contributed by atoms with Gasteiger partial charge >= 0.3 is 0 Å². The van der Waals surface area contributed by atoms with Crippen molar-refractivity contribution in [2.75, 3.05) is 39.8 Å². The molecule has 1 saturated heterocycles. The van der Waals surface area contributed by atoms with Gasteiger partial charge in [-0.15, -0.1) is 0 Å². The lowest BCUT2D eigenvalue weighted by molar-refractivity contribution is 0.191. The Kier molecular flexibility index (Phi) is 5.45. The highest BCUT2D eigenvalue weighted by molar-refractivity contribution is 4.79. The van der Waals surface area contributed by atoms with Crippen LogP contribution in [-0.4, -0.2) is 55.6 Å². The van der Waals surface area contributed by atoms with E-state index < -0.39 is 0 Å². The standard InChI is InChI=1S/C11H25N3/c1-3-4-7-14-8-5-6-13(2)10-11(14)9-12/h11H,3-10,12H2,1-2H3. The van der Waals surface area contributed by atoms with E-state index in [0.717, 1.165) is 13.1 Å². The van der Waals surface area contributed by atoms with Crippen molar-refractivity contribution < 1.29 is 0 Å². The van der Waals surface area contributed by atoms with E-state index in [-0.39, 0.29) is 0 Å². The van der Waals surface area contributed by atoms with Crippen molar-refractivity contribution in [2.45, 2.75) is 32.2 Å². The van der Waals surface area contributed by atoms with Crippen LogP contribution in [0.25, 0.3) is 0 Å². The van der Waals surface area contributed by atoms with E-state index in [4.69, 9.17) is 5.73 Å². The number of likely N-dealkylation sites (N-methyl/N-ethyl adjacent to an activating group) is 1. The molecule has 0 saturated carbocycles. The fourth-order valence-electron chi connectivity index (χ4n) is 2.17. The van der Waals surface area contributed by atoms with Crippen LogP contribution in [0, 0.1) is 0 Å². The fraction of sp³-hybridized carbons (Fsp3) is 1.00. The van der Waals surface area contributed by atoms with E-state index in [1.807, 2.05) is 0 Å². The summed E-state index contributed by atoms with van der Waals surface area (Å²) in [5.41, 5.74) is 5.83. The maximum absolute atomic E-state index is 5.83. The topological polar surface area (TPSA) is 32.5 Å². The highest BCUT2D eigenvalue weighted by atomic mass is 15.2. The maximum atomic E-state index is 5.83. The summed E-state index contributed by atoms with van der Waals surface area (Å²) in [5, 5.41) is 0. The minimum atomic E-state index is 0.578. The molecule has 1 rings (SSSR count). The smallest absolute Gasteiger partial charge is 0.0345 e. The molecule has 1 aliphatic rings. The molecule has 0 spiro atoms. The van der Waals surface area contributed by atoms with Crippen LogP contribution >= 0.6 is 0 Å². The molecule has 0 bridgehead atoms. The molecule has 3 nitrogen and oxygen atoms in total. The molecule has 1 aliphatic heterocycles. The van der Waals surface area contributed by atoms with E-state index in [0.29, 0.717) is 6.04 Å². The van der Waals surface area contributed by atoms with Gasteiger partial charge < -0.3 is 10.6 Å². The van der Waals surface area contributed by atoms with E-state index >= 15 is 0 Å². The van der Waals surface area contributed by atoms with E-state index in [2.05, 4.69) is 23.8 Å². The summed E-state index contributed by atoms with van der Waals surface area (Å²) < 4.78 is 0. The Labute approximate surface area is 88.2 Å². The predicted octanol–water partition coefficient (Wildman–Crippen LogP) is 0.751. The van der Waals surface area contributed by atoms with Gasteiger partial charge in [0.2, 0.25) is 0 Å². The summed E-state index contributed by atoms with van der Waals surface area (Å²) in [5.74, 6) is 0. The average Bonchev–Trinajstić information content (AvgIpc) is 2.36. The molecule has 1 heterocycles. The van der Waals surface area contributed by atoms with Gasteiger partial charge in [-0.3, -0.25) is 4.90 Å². The van der Waals surface area contributed by atoms with Gasteiger partial charge in [-0.25, -0.2) is 0 Å². The van der Waals surface area contributed by atoms with Gasteiger partial charge in [0.15, 0.2) is 0 Å². The van der Waals surface area contributed by atoms with Crippen molar-refractivity contribution in [1.29, 1.82) is 0 Å². The van der Waals surface area contributed by atoms with Crippen molar-refractivity contribution >= 4 is 0 Å². The van der Waals surface area contributed by atoms with Crippen LogP contribution in [0.15, 0.2) is 0 Å². The first-order valence-corrected chi connectivity index (χ1v) is 5.90. The lowest BCUT2D eigenvalue weighted by Gasteiger charge is -2.29. The summed E-state index contributed by atoms with van der Waals surface area (Å²) in [6.45, 7) is 7.87. The molecule has 2 N–H and O–H groups in total. The third kappa shape index (κ3) is 3.56. The van der Waals surface area contributed by atoms with Crippen molar-refractivity contribution in [1.82, 2.24) is 9.80 Å². The summed E-state index contributed by atoms with van der Waals surface area (Å²) >= 11 is 0. The molecule has 0 aliphatic carbocycles. The van der Waals surface area contributed by atoms with E-state index in [1.54, 1.807) is 0 Å². The van der Waals surface area contributed by atoms with Crippen molar-refractivity contribution in [3.8, 4) is 0 Å². The fourth-order valence-corrected chi connectivity index (χ4v) is 2.17. The molecular formula is C11H25N3. The second-order valence-corrected chi connectivity index (χ2v) is 4.39. The largest absolute Gasteiger partial charge is 0.329 e. The minimum absolute atomic E-state index is 0.578. The minimum Gasteiger partial charge on any atom is -0.329 e. The first-order valence-electron chi connectivity index (χ1n) is 5.90. The Hall–Kier alpha value is -0.120. The first-order chi connectivity index (χ1) is 6.77. The van der Waals surface area contributed by atoms with Gasteiger partial charge in [0.05, 0.1) is 0 Å². The second-order valence-electron chi connectivity index (χ2n) is 4.39. The van der Waals surface area contributed by atoms with Crippen molar-refractivity contribution in [3.63, 3.8) is 0 Å². The lowest BCUT2D eigenvalue weighted by Crippen LogP contribution is -2.45. The third-order valence-corrected chi connectivity index (χ3v) is 3.09. The molecule has 0 radical (unpaired) electrons. The summed E-state index contributed by atoms with van der Waals surface area (Å²) in [6.07, 6.45) is 3.88. The number of unbranched alkanes of at least 4 members (excludes halogenated alkanes) is 1. The number of nitrogens with two attached hydrogens (primary N) is 1. The van der Waals surface area contributed by atoms with Gasteiger partial charge in [-0.05, 0) is 39.5 Å². The Morgan fingerprint density at radius 3 is 2.79 bits per heavy atom. The number of hydrogen-bond donors (Lipinski definition) is 1. The van der Waals surface area contributed by atoms with E-state index in [1.165, 1.54) is 38.9 Å². The number of nitrogens with zero attached hydrogens (tertiary/aromatic N) is 2. The Morgan fingerprint density at radius 1 is 1.36 bits per heavy atom. The second kappa shape index (κ2) is 6.38. The number of hydrogen-bond acceptors (Lipinski definition) is 3. The van der Waals surface area contributed by atoms with Crippen LogP contribution in [0.1, 0.15) is 26.2 Å². The summed E-state index contributed by atoms with van der Waals surface area (Å²) in [6, 6.07) is 0.578. The van der Waals surface area contributed by atoms with Crippen LogP contribution in [0.3, 0.4) is 0 Å². The lowest BCUT2D eigenvalue weighted by atomic mass is 10.2. The van der Waals surface area contributed by atoms with Crippen molar-refractivity contribution in [3.05, 3.63) is 0 Å². The molecule has 0 aromatic heterocycles. The molecule has 14 heavy (non-hydrogen) atoms. The van der Waals surface area contributed by atoms with Gasteiger partial charge in [0.1, 0.15) is 0 Å². The molecule has 1 atom stereocenters. The average molecular weight is 199 g/mol. The Bertz CT molecular complexity index is 147. The molecular weight excluding hydrogens is 174 g/mol. The van der Waals surface area contributed by atoms with Gasteiger partial charge in [-0.2, -0.15) is 0 Å². The Balaban J connectivity index is 2.43. The Morgan fingerprint density at radius 2 is 2.14 bits per heavy atom. The highest BCUT2D eigenvalue weighted by Gasteiger charge is 2.21. The maximum Gasteiger partial charge on any atom is 0.0345 e. The van der Waals surface area contributed by atoms with Gasteiger partial charge in [0, 0.05) is 19.1 Å². The van der Waals surface area contributed by atoms with Crippen LogP contribution in [0.5, 0.6) is 0 Å². The van der Waals surface area contributed by atoms with Crippen LogP contribution in [0.4, 0.5) is 0 Å². The molecule has 3 heteroatoms. The SMILES string of the molecule is CCCCN1CCCN(C)CC1CN. The van der Waals surface area contributed by atoms with Gasteiger partial charge in [0.25, 0.3) is 0 Å². The summed E-state index contributed by atoms with van der Waals surface area (Å²) in [7, 11) is 2.20. The molecule has 0 aromatic rings. The zero-order valence-corrected chi connectivity index (χ0v) is 9.71. The summed E-state index contributed by atoms with van der Waals surface area (Å²) in [4.78, 5) is 4.98. The normalized spacial score (nSPS) is 26.4. The van der Waals surface area contributed by atoms with Crippen LogP contribution < -0.4 is 5.73 Å². The van der Waals surface area contributed by atoms with Gasteiger partial charge in [-0.1, -0.05) is 13.3 Å². The first kappa shape index (κ1) is 12.0. The predicted molar refractivity (Wildman–Crippen MR) is 61.4 cm³/mol. The number of rotatable bonds is 4. The zero-order chi connectivity index (χ0) is 10.4. The molecule has 1 fully saturated rings. The monoisotopic (exact) mass is 199 g/mol. The third-order valence-electron chi connectivity index (χ3n) is 3.09. The molecule has 0 aromatic carbocycles. The van der Waals surface area contributed by atoms with Crippen molar-refractivity contribution in [2.24, 2.45) is 5.73 Å².